The summed E-state index contributed by atoms with van der Waals surface area (Å²) >= 11 is 0. The minimum atomic E-state index is -3.79. The Hall–Kier alpha value is -1.75. The van der Waals surface area contributed by atoms with Crippen LogP contribution in [0.3, 0.4) is 0 Å². The summed E-state index contributed by atoms with van der Waals surface area (Å²) in [6, 6.07) is 3.34. The largest absolute Gasteiger partial charge is 0.392 e. The number of nitrogens with two attached hydrogens (primary N) is 1. The smallest absolute Gasteiger partial charge is 0.293 e. The molecular formula is C10H14N4O5S. The number of nitro groups is 1. The van der Waals surface area contributed by atoms with Crippen LogP contribution in [0, 0.1) is 10.1 Å². The van der Waals surface area contributed by atoms with Gasteiger partial charge in [0, 0.05) is 19.2 Å². The molecule has 0 radical (unpaired) electrons. The fourth-order valence-corrected chi connectivity index (χ4v) is 3.55. The Morgan fingerprint density at radius 2 is 2.20 bits per heavy atom. The molecule has 110 valence electrons. The second kappa shape index (κ2) is 5.32. The Balaban J connectivity index is 2.40. The van der Waals surface area contributed by atoms with Crippen molar-refractivity contribution in [3.63, 3.8) is 0 Å². The Kier molecular flexibility index (Phi) is 3.90. The zero-order valence-electron chi connectivity index (χ0n) is 10.4. The molecule has 1 aromatic rings. The molecule has 0 spiro atoms. The predicted octanol–water partition coefficient (Wildman–Crippen LogP) is -0.364. The summed E-state index contributed by atoms with van der Waals surface area (Å²) in [6.07, 6.45) is -0.316. The molecular weight excluding hydrogens is 288 g/mol. The number of nitrogen functional groups attached to an aromatic ring is 1. The van der Waals surface area contributed by atoms with E-state index in [0.29, 0.717) is 6.42 Å². The van der Waals surface area contributed by atoms with Gasteiger partial charge in [-0.3, -0.25) is 16.0 Å². The summed E-state index contributed by atoms with van der Waals surface area (Å²) in [6.45, 7) is 0.233. The molecule has 10 heteroatoms. The zero-order valence-corrected chi connectivity index (χ0v) is 11.2. The molecule has 1 saturated heterocycles. The summed E-state index contributed by atoms with van der Waals surface area (Å²) < 4.78 is 25.7. The van der Waals surface area contributed by atoms with Crippen LogP contribution in [0.2, 0.25) is 0 Å². The predicted molar refractivity (Wildman–Crippen MR) is 70.3 cm³/mol. The Morgan fingerprint density at radius 3 is 2.70 bits per heavy atom. The van der Waals surface area contributed by atoms with Crippen molar-refractivity contribution in [1.82, 2.24) is 4.31 Å². The van der Waals surface area contributed by atoms with Crippen molar-refractivity contribution in [3.05, 3.63) is 28.3 Å². The number of benzene rings is 1. The van der Waals surface area contributed by atoms with Gasteiger partial charge in [0.1, 0.15) is 5.69 Å². The van der Waals surface area contributed by atoms with E-state index in [2.05, 4.69) is 5.43 Å². The van der Waals surface area contributed by atoms with Crippen LogP contribution in [-0.2, 0) is 10.0 Å². The number of aliphatic hydroxyl groups is 1. The molecule has 1 aliphatic rings. The van der Waals surface area contributed by atoms with Crippen molar-refractivity contribution < 1.29 is 18.4 Å². The van der Waals surface area contributed by atoms with E-state index in [9.17, 15) is 23.6 Å². The van der Waals surface area contributed by atoms with E-state index < -0.39 is 21.1 Å². The van der Waals surface area contributed by atoms with Gasteiger partial charge in [0.25, 0.3) is 5.69 Å². The summed E-state index contributed by atoms with van der Waals surface area (Å²) in [5.74, 6) is 5.17. The highest BCUT2D eigenvalue weighted by molar-refractivity contribution is 7.89. The van der Waals surface area contributed by atoms with Crippen LogP contribution in [0.1, 0.15) is 6.42 Å². The van der Waals surface area contributed by atoms with Gasteiger partial charge in [0.15, 0.2) is 0 Å². The van der Waals surface area contributed by atoms with Gasteiger partial charge in [-0.25, -0.2) is 8.42 Å². The second-order valence-electron chi connectivity index (χ2n) is 4.39. The van der Waals surface area contributed by atoms with E-state index in [1.54, 1.807) is 0 Å². The molecule has 0 aromatic heterocycles. The van der Waals surface area contributed by atoms with Gasteiger partial charge in [-0.1, -0.05) is 0 Å². The maximum Gasteiger partial charge on any atom is 0.293 e. The summed E-state index contributed by atoms with van der Waals surface area (Å²) in [5, 5.41) is 20.2. The number of hydrogen-bond acceptors (Lipinski definition) is 7. The Morgan fingerprint density at radius 1 is 1.50 bits per heavy atom. The van der Waals surface area contributed by atoms with E-state index in [4.69, 9.17) is 5.84 Å². The molecule has 0 amide bonds. The van der Waals surface area contributed by atoms with E-state index in [1.807, 2.05) is 0 Å². The number of hydrazine groups is 1. The quantitative estimate of drug-likeness (QED) is 0.392. The number of β-amino-alcohol motifs (C(OH)–C–C–N with tert-alkyl or cyclic N) is 1. The molecule has 1 atom stereocenters. The number of hydrogen-bond donors (Lipinski definition) is 3. The van der Waals surface area contributed by atoms with Crippen LogP contribution in [0.5, 0.6) is 0 Å². The van der Waals surface area contributed by atoms with Crippen LogP contribution in [0.4, 0.5) is 11.4 Å². The second-order valence-corrected chi connectivity index (χ2v) is 6.32. The van der Waals surface area contributed by atoms with Crippen molar-refractivity contribution in [2.45, 2.75) is 17.4 Å². The third kappa shape index (κ3) is 2.58. The van der Waals surface area contributed by atoms with Gasteiger partial charge in [0.2, 0.25) is 10.0 Å². The number of anilines is 1. The fourth-order valence-electron chi connectivity index (χ4n) is 2.03. The van der Waals surface area contributed by atoms with Crippen LogP contribution in [-0.4, -0.2) is 41.9 Å². The number of nitrogens with one attached hydrogen (secondary N) is 1. The van der Waals surface area contributed by atoms with Gasteiger partial charge < -0.3 is 10.5 Å². The number of nitro benzene ring substituents is 1. The Labute approximate surface area is 115 Å². The highest BCUT2D eigenvalue weighted by Gasteiger charge is 2.32. The van der Waals surface area contributed by atoms with Crippen molar-refractivity contribution in [3.8, 4) is 0 Å². The molecule has 9 nitrogen and oxygen atoms in total. The van der Waals surface area contributed by atoms with Gasteiger partial charge >= 0.3 is 0 Å². The lowest BCUT2D eigenvalue weighted by molar-refractivity contribution is -0.384. The van der Waals surface area contributed by atoms with Gasteiger partial charge in [0.05, 0.1) is 15.9 Å². The molecule has 1 fully saturated rings. The van der Waals surface area contributed by atoms with E-state index in [0.717, 1.165) is 22.5 Å². The van der Waals surface area contributed by atoms with E-state index >= 15 is 0 Å². The lowest BCUT2D eigenvalue weighted by Crippen LogP contribution is -2.29. The summed E-state index contributed by atoms with van der Waals surface area (Å²) in [4.78, 5) is 9.99. The van der Waals surface area contributed by atoms with Crippen molar-refractivity contribution in [1.29, 1.82) is 0 Å². The molecule has 2 rings (SSSR count). The highest BCUT2D eigenvalue weighted by Crippen LogP contribution is 2.29. The third-order valence-electron chi connectivity index (χ3n) is 3.08. The number of aliphatic hydroxyl groups excluding tert-OH is 1. The number of rotatable bonds is 4. The maximum atomic E-state index is 12.3. The first-order chi connectivity index (χ1) is 9.36. The van der Waals surface area contributed by atoms with Gasteiger partial charge in [-0.15, -0.1) is 0 Å². The van der Waals surface area contributed by atoms with Crippen LogP contribution < -0.4 is 11.3 Å². The topological polar surface area (TPSA) is 139 Å². The number of nitrogens with zero attached hydrogens (tertiary/aromatic N) is 2. The van der Waals surface area contributed by atoms with Crippen LogP contribution >= 0.6 is 0 Å². The lowest BCUT2D eigenvalue weighted by atomic mass is 10.3. The van der Waals surface area contributed by atoms with Gasteiger partial charge in [-0.2, -0.15) is 4.31 Å². The third-order valence-corrected chi connectivity index (χ3v) is 4.95. The number of sulfonamides is 1. The van der Waals surface area contributed by atoms with Crippen molar-refractivity contribution in [2.75, 3.05) is 18.5 Å². The van der Waals surface area contributed by atoms with E-state index in [-0.39, 0.29) is 29.4 Å². The minimum Gasteiger partial charge on any atom is -0.392 e. The average molecular weight is 302 g/mol. The first kappa shape index (κ1) is 14.7. The molecule has 1 unspecified atom stereocenters. The molecule has 0 bridgehead atoms. The lowest BCUT2D eigenvalue weighted by Gasteiger charge is -2.16. The highest BCUT2D eigenvalue weighted by atomic mass is 32.2. The molecule has 1 aliphatic heterocycles. The zero-order chi connectivity index (χ0) is 14.9. The molecule has 4 N–H and O–H groups in total. The molecule has 0 aliphatic carbocycles. The van der Waals surface area contributed by atoms with Gasteiger partial charge in [-0.05, 0) is 18.6 Å². The molecule has 0 saturated carbocycles. The van der Waals surface area contributed by atoms with Crippen molar-refractivity contribution in [2.24, 2.45) is 5.84 Å². The first-order valence-corrected chi connectivity index (χ1v) is 7.23. The standard InChI is InChI=1S/C10H14N4O5S/c11-12-9-5-8(1-2-10(9)14(16)17)20(18,19)13-4-3-7(15)6-13/h1-2,5,7,12,15H,3-4,6,11H2. The molecule has 1 aromatic carbocycles. The SMILES string of the molecule is NNc1cc(S(=O)(=O)N2CCC(O)C2)ccc1[N+](=O)[O-]. The van der Waals surface area contributed by atoms with Crippen LogP contribution in [0.15, 0.2) is 23.1 Å². The minimum absolute atomic E-state index is 0.0186. The summed E-state index contributed by atoms with van der Waals surface area (Å²) in [7, 11) is -3.79. The maximum absolute atomic E-state index is 12.3. The first-order valence-electron chi connectivity index (χ1n) is 5.79. The average Bonchev–Trinajstić information content (AvgIpc) is 2.85. The van der Waals surface area contributed by atoms with Crippen LogP contribution in [0.25, 0.3) is 0 Å². The summed E-state index contributed by atoms with van der Waals surface area (Å²) in [5.41, 5.74) is 1.72. The normalized spacial score (nSPS) is 20.0. The monoisotopic (exact) mass is 302 g/mol. The molecule has 1 heterocycles. The van der Waals surface area contributed by atoms with Crippen molar-refractivity contribution >= 4 is 21.4 Å². The molecule has 20 heavy (non-hydrogen) atoms. The Bertz CT molecular complexity index is 633. The van der Waals surface area contributed by atoms with E-state index in [1.165, 1.54) is 0 Å². The fraction of sp³-hybridized carbons (Fsp3) is 0.400.